The number of carbonyl (C=O) groups is 3. The molecule has 7 heteroatoms. The third-order valence-corrected chi connectivity index (χ3v) is 4.74. The van der Waals surface area contributed by atoms with E-state index in [1.165, 1.54) is 11.8 Å². The Kier molecular flexibility index (Phi) is 10.2. The first-order valence-corrected chi connectivity index (χ1v) is 9.87. The molecule has 0 aliphatic rings. The highest BCUT2D eigenvalue weighted by Crippen LogP contribution is 2.23. The van der Waals surface area contributed by atoms with Crippen LogP contribution in [-0.2, 0) is 16.0 Å². The van der Waals surface area contributed by atoms with Crippen LogP contribution in [0.25, 0.3) is 0 Å². The molecule has 4 N–H and O–H groups in total. The van der Waals surface area contributed by atoms with Crippen LogP contribution in [0.3, 0.4) is 0 Å². The fourth-order valence-corrected chi connectivity index (χ4v) is 3.07. The third kappa shape index (κ3) is 7.31. The standard InChI is InChI=1S/C21H33N3O4/c1-16(21(27)28)15-24(12-13-25)20(26)18-14-17(8-6-4-5-7-11-22)9-10-19(18)23(2)3/h9-10,13-14,16H,4-8,11-12,15,22H2,1-3H3,(H,27,28)/p+1. The molecule has 7 nitrogen and oxygen atoms in total. The minimum absolute atomic E-state index is 0.00490. The van der Waals surface area contributed by atoms with Crippen LogP contribution in [0.15, 0.2) is 18.2 Å². The molecule has 0 aliphatic carbocycles. The monoisotopic (exact) mass is 392 g/mol. The van der Waals surface area contributed by atoms with Crippen molar-refractivity contribution in [2.75, 3.05) is 38.6 Å². The van der Waals surface area contributed by atoms with Gasteiger partial charge in [-0.3, -0.25) is 9.59 Å². The average Bonchev–Trinajstić information content (AvgIpc) is 2.66. The molecule has 1 aromatic carbocycles. The second-order valence-corrected chi connectivity index (χ2v) is 7.38. The Balaban J connectivity index is 3.04. The number of nitrogens with zero attached hydrogens (tertiary/aromatic N) is 2. The number of anilines is 1. The van der Waals surface area contributed by atoms with Gasteiger partial charge in [-0.25, -0.2) is 0 Å². The molecule has 0 saturated heterocycles. The lowest BCUT2D eigenvalue weighted by molar-refractivity contribution is -0.368. The van der Waals surface area contributed by atoms with Crippen molar-refractivity contribution >= 4 is 23.9 Å². The van der Waals surface area contributed by atoms with Gasteiger partial charge in [-0.15, -0.1) is 0 Å². The van der Waals surface area contributed by atoms with Crippen molar-refractivity contribution in [3.8, 4) is 0 Å². The molecule has 1 aromatic rings. The zero-order valence-electron chi connectivity index (χ0n) is 17.3. The summed E-state index contributed by atoms with van der Waals surface area (Å²) in [6, 6.07) is 5.82. The smallest absolute Gasteiger partial charge is 0.308 e. The van der Waals surface area contributed by atoms with Gasteiger partial charge in [-0.2, -0.15) is 0 Å². The Morgan fingerprint density at radius 3 is 2.43 bits per heavy atom. The number of unbranched alkanes of at least 4 members (excludes halogenated alkanes) is 3. The predicted octanol–water partition coefficient (Wildman–Crippen LogP) is 1.46. The van der Waals surface area contributed by atoms with Crippen molar-refractivity contribution in [1.29, 1.82) is 0 Å². The fraction of sp³-hybridized carbons (Fsp3) is 0.571. The first kappa shape index (κ1) is 23.6. The number of carboxylic acid groups (broad SMARTS) is 1. The lowest BCUT2D eigenvalue weighted by atomic mass is 10.0. The van der Waals surface area contributed by atoms with Gasteiger partial charge >= 0.3 is 5.97 Å². The summed E-state index contributed by atoms with van der Waals surface area (Å²) in [6.07, 6.45) is 5.97. The van der Waals surface area contributed by atoms with Crippen LogP contribution in [0.1, 0.15) is 48.5 Å². The van der Waals surface area contributed by atoms with Gasteiger partial charge in [0, 0.05) is 26.3 Å². The van der Waals surface area contributed by atoms with Gasteiger partial charge in [0.1, 0.15) is 6.29 Å². The molecule has 156 valence electrons. The Labute approximate surface area is 167 Å². The van der Waals surface area contributed by atoms with Crippen LogP contribution in [0.2, 0.25) is 0 Å². The number of hydrogen-bond acceptors (Lipinski definition) is 4. The first-order valence-electron chi connectivity index (χ1n) is 9.87. The highest BCUT2D eigenvalue weighted by atomic mass is 16.4. The summed E-state index contributed by atoms with van der Waals surface area (Å²) in [5.74, 6) is -2.06. The van der Waals surface area contributed by atoms with Crippen molar-refractivity contribution in [3.63, 3.8) is 0 Å². The lowest BCUT2D eigenvalue weighted by Gasteiger charge is -2.25. The van der Waals surface area contributed by atoms with E-state index in [1.807, 2.05) is 37.2 Å². The van der Waals surface area contributed by atoms with Gasteiger partial charge in [0.25, 0.3) is 5.91 Å². The number of rotatable bonds is 13. The van der Waals surface area contributed by atoms with Crippen LogP contribution in [0.5, 0.6) is 0 Å². The van der Waals surface area contributed by atoms with Crippen LogP contribution in [0.4, 0.5) is 5.69 Å². The molecule has 0 aromatic heterocycles. The molecular formula is C21H34N3O4+. The largest absolute Gasteiger partial charge is 0.481 e. The molecule has 1 amide bonds. The molecule has 28 heavy (non-hydrogen) atoms. The number of carboxylic acids is 1. The van der Waals surface area contributed by atoms with Crippen LogP contribution < -0.4 is 10.6 Å². The second-order valence-electron chi connectivity index (χ2n) is 7.38. The molecule has 1 atom stereocenters. The van der Waals surface area contributed by atoms with Gasteiger partial charge in [-0.1, -0.05) is 19.4 Å². The molecule has 0 fully saturated rings. The lowest BCUT2D eigenvalue weighted by Crippen LogP contribution is -2.50. The van der Waals surface area contributed by atoms with Crippen LogP contribution in [-0.4, -0.2) is 61.9 Å². The Morgan fingerprint density at radius 1 is 1.18 bits per heavy atom. The molecule has 0 saturated carbocycles. The molecule has 0 aliphatic heterocycles. The molecule has 0 spiro atoms. The highest BCUT2D eigenvalue weighted by molar-refractivity contribution is 6.00. The van der Waals surface area contributed by atoms with E-state index >= 15 is 0 Å². The minimum Gasteiger partial charge on any atom is -0.481 e. The van der Waals surface area contributed by atoms with E-state index in [-0.39, 0.29) is 19.0 Å². The van der Waals surface area contributed by atoms with E-state index < -0.39 is 11.9 Å². The van der Waals surface area contributed by atoms with Crippen molar-refractivity contribution < 1.29 is 25.2 Å². The average molecular weight is 393 g/mol. The Morgan fingerprint density at radius 2 is 1.86 bits per heavy atom. The van der Waals surface area contributed by atoms with Gasteiger partial charge in [0.05, 0.1) is 24.6 Å². The Bertz CT molecular complexity index is 661. The number of hydrogen-bond donors (Lipinski definition) is 2. The minimum atomic E-state index is -0.993. The van der Waals surface area contributed by atoms with E-state index in [0.717, 1.165) is 49.9 Å². The molecule has 0 bridgehead atoms. The number of aldehydes is 1. The van der Waals surface area contributed by atoms with Gasteiger partial charge in [0.15, 0.2) is 0 Å². The SMILES string of the molecule is CC(CN(CC=O)C(=O)c1cc(CCCCCC[NH3+])ccc1N(C)C)C(=O)O. The van der Waals surface area contributed by atoms with E-state index in [2.05, 4.69) is 5.73 Å². The summed E-state index contributed by atoms with van der Waals surface area (Å²) >= 11 is 0. The third-order valence-electron chi connectivity index (χ3n) is 4.74. The number of aliphatic carboxylic acids is 1. The summed E-state index contributed by atoms with van der Waals surface area (Å²) < 4.78 is 0. The number of benzene rings is 1. The summed E-state index contributed by atoms with van der Waals surface area (Å²) in [6.45, 7) is 2.35. The molecule has 1 unspecified atom stereocenters. The second kappa shape index (κ2) is 12.1. The molecule has 0 radical (unpaired) electrons. The maximum atomic E-state index is 13.1. The molecular weight excluding hydrogens is 358 g/mol. The zero-order valence-corrected chi connectivity index (χ0v) is 17.3. The van der Waals surface area contributed by atoms with Crippen molar-refractivity contribution in [1.82, 2.24) is 4.90 Å². The first-order chi connectivity index (χ1) is 13.3. The quantitative estimate of drug-likeness (QED) is 0.390. The maximum Gasteiger partial charge on any atom is 0.308 e. The topological polar surface area (TPSA) is 106 Å². The Hall–Kier alpha value is -2.41. The summed E-state index contributed by atoms with van der Waals surface area (Å²) in [4.78, 5) is 38.5. The highest BCUT2D eigenvalue weighted by Gasteiger charge is 2.24. The zero-order chi connectivity index (χ0) is 21.1. The number of aryl methyl sites for hydroxylation is 1. The van der Waals surface area contributed by atoms with Crippen LogP contribution in [0, 0.1) is 5.92 Å². The molecule has 0 heterocycles. The number of carbonyl (C=O) groups excluding carboxylic acids is 2. The summed E-state index contributed by atoms with van der Waals surface area (Å²) in [7, 11) is 3.71. The van der Waals surface area contributed by atoms with E-state index in [9.17, 15) is 14.4 Å². The van der Waals surface area contributed by atoms with Gasteiger partial charge in [-0.05, 0) is 43.4 Å². The van der Waals surface area contributed by atoms with Crippen LogP contribution >= 0.6 is 0 Å². The van der Waals surface area contributed by atoms with Gasteiger partial charge < -0.3 is 25.4 Å². The van der Waals surface area contributed by atoms with Crippen molar-refractivity contribution in [2.24, 2.45) is 5.92 Å². The van der Waals surface area contributed by atoms with Crippen molar-refractivity contribution in [2.45, 2.75) is 39.0 Å². The number of quaternary nitrogens is 1. The van der Waals surface area contributed by atoms with E-state index in [4.69, 9.17) is 5.11 Å². The summed E-state index contributed by atoms with van der Waals surface area (Å²) in [5, 5.41) is 9.16. The van der Waals surface area contributed by atoms with E-state index in [0.29, 0.717) is 11.8 Å². The maximum absolute atomic E-state index is 13.1. The predicted molar refractivity (Wildman–Crippen MR) is 109 cm³/mol. The van der Waals surface area contributed by atoms with Crippen molar-refractivity contribution in [3.05, 3.63) is 29.3 Å². The van der Waals surface area contributed by atoms with Gasteiger partial charge in [0.2, 0.25) is 0 Å². The molecule has 1 rings (SSSR count). The number of amides is 1. The summed E-state index contributed by atoms with van der Waals surface area (Å²) in [5.41, 5.74) is 6.18. The normalized spacial score (nSPS) is 11.7. The van der Waals surface area contributed by atoms with E-state index in [1.54, 1.807) is 0 Å². The fourth-order valence-electron chi connectivity index (χ4n) is 3.07.